The number of rotatable bonds is 40. The molecule has 0 bridgehead atoms. The number of hydrogen-bond acceptors (Lipinski definition) is 0. The van der Waals surface area contributed by atoms with Gasteiger partial charge in [-0.2, -0.15) is 0 Å². The number of hydrogen-bond donors (Lipinski definition) is 0. The van der Waals surface area contributed by atoms with Gasteiger partial charge < -0.3 is 4.48 Å². The van der Waals surface area contributed by atoms with E-state index in [1.807, 2.05) is 0 Å². The zero-order valence-electron chi connectivity index (χ0n) is 32.7. The van der Waals surface area contributed by atoms with Crippen LogP contribution in [0.1, 0.15) is 259 Å². The van der Waals surface area contributed by atoms with Crippen LogP contribution in [0.15, 0.2) is 0 Å². The van der Waals surface area contributed by atoms with Gasteiger partial charge in [-0.3, -0.25) is 0 Å². The molecule has 0 saturated carbocycles. The van der Waals surface area contributed by atoms with E-state index in [0.717, 1.165) is 0 Å². The van der Waals surface area contributed by atoms with Crippen LogP contribution in [0.25, 0.3) is 0 Å². The molecule has 0 amide bonds. The van der Waals surface area contributed by atoms with E-state index in [4.69, 9.17) is 0 Å². The van der Waals surface area contributed by atoms with Crippen molar-refractivity contribution >= 4 is 0 Å². The zero-order chi connectivity index (χ0) is 32.8. The monoisotopic (exact) mass is 635 g/mol. The lowest BCUT2D eigenvalue weighted by molar-refractivity contribution is -0.929. The maximum absolute atomic E-state index is 2.35. The van der Waals surface area contributed by atoms with Crippen LogP contribution in [0.2, 0.25) is 0 Å². The van der Waals surface area contributed by atoms with E-state index in [0.29, 0.717) is 0 Å². The third-order valence-electron chi connectivity index (χ3n) is 10.9. The van der Waals surface area contributed by atoms with Gasteiger partial charge in [-0.05, 0) is 51.4 Å². The maximum Gasteiger partial charge on any atom is 0.0786 e. The van der Waals surface area contributed by atoms with Gasteiger partial charge in [0.2, 0.25) is 0 Å². The van der Waals surface area contributed by atoms with E-state index in [1.54, 1.807) is 0 Å². The molecule has 1 nitrogen and oxygen atoms in total. The fourth-order valence-corrected chi connectivity index (χ4v) is 7.70. The molecule has 272 valence electrons. The van der Waals surface area contributed by atoms with Crippen molar-refractivity contribution in [2.75, 3.05) is 26.2 Å². The Morgan fingerprint density at radius 1 is 0.178 bits per heavy atom. The van der Waals surface area contributed by atoms with Gasteiger partial charge in [0.05, 0.1) is 26.2 Å². The van der Waals surface area contributed by atoms with Crippen LogP contribution in [0, 0.1) is 0 Å². The molecule has 45 heavy (non-hydrogen) atoms. The van der Waals surface area contributed by atoms with Gasteiger partial charge in [-0.15, -0.1) is 0 Å². The fourth-order valence-electron chi connectivity index (χ4n) is 7.70. The molecule has 0 aliphatic carbocycles. The van der Waals surface area contributed by atoms with Crippen molar-refractivity contribution in [2.45, 2.75) is 259 Å². The molecular weight excluding hydrogens is 542 g/mol. The van der Waals surface area contributed by atoms with Crippen molar-refractivity contribution in [3.05, 3.63) is 0 Å². The first kappa shape index (κ1) is 45.0. The smallest absolute Gasteiger partial charge is 0.0786 e. The highest BCUT2D eigenvalue weighted by Crippen LogP contribution is 2.21. The molecule has 0 aliphatic rings. The lowest BCUT2D eigenvalue weighted by Crippen LogP contribution is -2.50. The van der Waals surface area contributed by atoms with Gasteiger partial charge in [0.15, 0.2) is 0 Å². The van der Waals surface area contributed by atoms with Gasteiger partial charge >= 0.3 is 0 Å². The Morgan fingerprint density at radius 2 is 0.311 bits per heavy atom. The second-order valence-corrected chi connectivity index (χ2v) is 15.5. The summed E-state index contributed by atoms with van der Waals surface area (Å²) in [5, 5.41) is 0. The van der Waals surface area contributed by atoms with Gasteiger partial charge in [-0.25, -0.2) is 0 Å². The van der Waals surface area contributed by atoms with Gasteiger partial charge in [0, 0.05) is 0 Å². The van der Waals surface area contributed by atoms with Crippen molar-refractivity contribution in [3.8, 4) is 0 Å². The normalized spacial score (nSPS) is 12.0. The predicted octanol–water partition coefficient (Wildman–Crippen LogP) is 15.9. The molecule has 0 aliphatic heterocycles. The molecule has 0 atom stereocenters. The lowest BCUT2D eigenvalue weighted by Gasteiger charge is -2.40. The number of quaternary nitrogens is 1. The average Bonchev–Trinajstić information content (AvgIpc) is 3.05. The molecule has 0 rings (SSSR count). The first-order chi connectivity index (χ1) is 22.2. The summed E-state index contributed by atoms with van der Waals surface area (Å²) in [6.45, 7) is 15.3. The third-order valence-corrected chi connectivity index (χ3v) is 10.9. The van der Waals surface area contributed by atoms with E-state index in [9.17, 15) is 0 Å². The standard InChI is InChI=1S/C44H92N/c1-5-9-13-17-21-24-27-30-34-38-42-45(41-37-33-20-16-12-8-4,43-39-35-31-28-25-22-18-14-10-6-2)44-40-36-32-29-26-23-19-15-11-7-3/h5-44H2,1-4H3/q+1. The fraction of sp³-hybridized carbons (Fsp3) is 1.00. The molecule has 0 N–H and O–H groups in total. The summed E-state index contributed by atoms with van der Waals surface area (Å²) >= 11 is 0. The van der Waals surface area contributed by atoms with Crippen molar-refractivity contribution in [1.82, 2.24) is 0 Å². The Kier molecular flexibility index (Phi) is 38.4. The Hall–Kier alpha value is -0.0400. The van der Waals surface area contributed by atoms with Crippen LogP contribution in [-0.2, 0) is 0 Å². The zero-order valence-corrected chi connectivity index (χ0v) is 32.7. The van der Waals surface area contributed by atoms with Crippen molar-refractivity contribution < 1.29 is 4.48 Å². The van der Waals surface area contributed by atoms with Crippen LogP contribution in [-0.4, -0.2) is 30.7 Å². The Labute approximate surface area is 288 Å². The molecule has 0 aromatic rings. The lowest BCUT2D eigenvalue weighted by atomic mass is 10.0. The van der Waals surface area contributed by atoms with E-state index in [2.05, 4.69) is 27.7 Å². The number of nitrogens with zero attached hydrogens (tertiary/aromatic N) is 1. The summed E-state index contributed by atoms with van der Waals surface area (Å²) < 4.78 is 1.48. The Balaban J connectivity index is 4.77. The Morgan fingerprint density at radius 3 is 0.467 bits per heavy atom. The van der Waals surface area contributed by atoms with Crippen molar-refractivity contribution in [1.29, 1.82) is 0 Å². The summed E-state index contributed by atoms with van der Waals surface area (Å²) in [4.78, 5) is 0. The van der Waals surface area contributed by atoms with Crippen LogP contribution in [0.4, 0.5) is 0 Å². The first-order valence-corrected chi connectivity index (χ1v) is 22.1. The first-order valence-electron chi connectivity index (χ1n) is 22.1. The SMILES string of the molecule is CCCCCCCCCCCC[N+](CCCCCCCC)(CCCCCCCCCCCC)CCCCCCCCCCCC. The summed E-state index contributed by atoms with van der Waals surface area (Å²) in [5.41, 5.74) is 0. The molecule has 0 heterocycles. The van der Waals surface area contributed by atoms with Crippen LogP contribution < -0.4 is 0 Å². The molecular formula is C44H92N+. The molecule has 0 spiro atoms. The van der Waals surface area contributed by atoms with Gasteiger partial charge in [-0.1, -0.05) is 207 Å². The third kappa shape index (κ3) is 33.6. The minimum absolute atomic E-state index is 1.37. The summed E-state index contributed by atoms with van der Waals surface area (Å²) in [7, 11) is 0. The molecule has 0 aromatic carbocycles. The molecule has 0 saturated heterocycles. The predicted molar refractivity (Wildman–Crippen MR) is 209 cm³/mol. The topological polar surface area (TPSA) is 0 Å². The highest BCUT2D eigenvalue weighted by molar-refractivity contribution is 4.56. The largest absolute Gasteiger partial charge is 0.324 e. The highest BCUT2D eigenvalue weighted by Gasteiger charge is 2.25. The molecule has 1 heteroatoms. The van der Waals surface area contributed by atoms with E-state index < -0.39 is 0 Å². The average molecular weight is 635 g/mol. The van der Waals surface area contributed by atoms with Crippen molar-refractivity contribution in [3.63, 3.8) is 0 Å². The van der Waals surface area contributed by atoms with E-state index in [1.165, 1.54) is 262 Å². The van der Waals surface area contributed by atoms with Crippen LogP contribution in [0.5, 0.6) is 0 Å². The van der Waals surface area contributed by atoms with E-state index in [-0.39, 0.29) is 0 Å². The minimum atomic E-state index is 1.37. The van der Waals surface area contributed by atoms with Crippen molar-refractivity contribution in [2.24, 2.45) is 0 Å². The van der Waals surface area contributed by atoms with Gasteiger partial charge in [0.25, 0.3) is 0 Å². The molecule has 0 unspecified atom stereocenters. The summed E-state index contributed by atoms with van der Waals surface area (Å²) in [6, 6.07) is 0. The van der Waals surface area contributed by atoms with Crippen LogP contribution >= 0.6 is 0 Å². The maximum atomic E-state index is 2.35. The second kappa shape index (κ2) is 38.4. The van der Waals surface area contributed by atoms with Crippen LogP contribution in [0.3, 0.4) is 0 Å². The van der Waals surface area contributed by atoms with E-state index >= 15 is 0 Å². The molecule has 0 aromatic heterocycles. The quantitative estimate of drug-likeness (QED) is 0.0465. The van der Waals surface area contributed by atoms with Gasteiger partial charge in [0.1, 0.15) is 0 Å². The Bertz CT molecular complexity index is 453. The molecule has 0 fully saturated rings. The molecule has 0 radical (unpaired) electrons. The minimum Gasteiger partial charge on any atom is -0.324 e. The summed E-state index contributed by atoms with van der Waals surface area (Å²) in [6.07, 6.45) is 52.7. The number of unbranched alkanes of at least 4 members (excludes halogenated alkanes) is 32. The second-order valence-electron chi connectivity index (χ2n) is 15.5. The summed E-state index contributed by atoms with van der Waals surface area (Å²) in [5.74, 6) is 0. The highest BCUT2D eigenvalue weighted by atomic mass is 15.3.